The molecule has 0 unspecified atom stereocenters. The van der Waals surface area contributed by atoms with Crippen molar-refractivity contribution in [2.75, 3.05) is 6.54 Å². The van der Waals surface area contributed by atoms with Crippen molar-refractivity contribution in [1.29, 1.82) is 0 Å². The number of carbonyl (C=O) groups excluding carboxylic acids is 1. The molecule has 0 saturated heterocycles. The van der Waals surface area contributed by atoms with E-state index in [4.69, 9.17) is 5.11 Å². The van der Waals surface area contributed by atoms with Crippen LogP contribution in [0.5, 0.6) is 0 Å². The van der Waals surface area contributed by atoms with Crippen molar-refractivity contribution in [3.63, 3.8) is 0 Å². The highest BCUT2D eigenvalue weighted by atomic mass is 16.4. The first kappa shape index (κ1) is 13.4. The molecule has 102 valence electrons. The first-order chi connectivity index (χ1) is 8.38. The van der Waals surface area contributed by atoms with E-state index in [2.05, 4.69) is 19.2 Å². The highest BCUT2D eigenvalue weighted by Crippen LogP contribution is 2.46. The van der Waals surface area contributed by atoms with Crippen LogP contribution in [0.25, 0.3) is 0 Å². The molecule has 2 rings (SSSR count). The lowest BCUT2D eigenvalue weighted by molar-refractivity contribution is -0.149. The molecule has 1 amide bonds. The summed E-state index contributed by atoms with van der Waals surface area (Å²) >= 11 is 0. The van der Waals surface area contributed by atoms with Gasteiger partial charge >= 0.3 is 5.97 Å². The van der Waals surface area contributed by atoms with Crippen molar-refractivity contribution >= 4 is 11.9 Å². The van der Waals surface area contributed by atoms with Crippen molar-refractivity contribution < 1.29 is 14.7 Å². The molecule has 0 bridgehead atoms. The third-order valence-electron chi connectivity index (χ3n) is 4.76. The maximum Gasteiger partial charge on any atom is 0.319 e. The summed E-state index contributed by atoms with van der Waals surface area (Å²) < 4.78 is 0. The third kappa shape index (κ3) is 2.38. The van der Waals surface area contributed by atoms with Gasteiger partial charge in [-0.3, -0.25) is 9.59 Å². The molecule has 2 fully saturated rings. The van der Waals surface area contributed by atoms with Crippen LogP contribution in [-0.4, -0.2) is 23.5 Å². The van der Waals surface area contributed by atoms with Crippen molar-refractivity contribution in [2.45, 2.75) is 52.4 Å². The van der Waals surface area contributed by atoms with E-state index in [1.807, 2.05) is 0 Å². The van der Waals surface area contributed by atoms with Crippen LogP contribution in [0.3, 0.4) is 0 Å². The van der Waals surface area contributed by atoms with Gasteiger partial charge in [-0.15, -0.1) is 0 Å². The van der Waals surface area contributed by atoms with Crippen LogP contribution in [0.2, 0.25) is 0 Å². The van der Waals surface area contributed by atoms with E-state index >= 15 is 0 Å². The molecule has 4 nitrogen and oxygen atoms in total. The summed E-state index contributed by atoms with van der Waals surface area (Å²) in [6.45, 7) is 4.93. The molecule has 0 aromatic heterocycles. The molecular weight excluding hydrogens is 230 g/mol. The second-order valence-corrected chi connectivity index (χ2v) is 6.54. The van der Waals surface area contributed by atoms with Crippen molar-refractivity contribution in [1.82, 2.24) is 5.32 Å². The average Bonchev–Trinajstić information content (AvgIpc) is 2.93. The van der Waals surface area contributed by atoms with Crippen LogP contribution in [0, 0.1) is 16.7 Å². The van der Waals surface area contributed by atoms with Crippen molar-refractivity contribution in [3.05, 3.63) is 0 Å². The Kier molecular flexibility index (Phi) is 3.39. The molecule has 2 saturated carbocycles. The summed E-state index contributed by atoms with van der Waals surface area (Å²) in [5, 5.41) is 11.9. The number of rotatable bonds is 5. The molecule has 18 heavy (non-hydrogen) atoms. The number of nitrogens with one attached hydrogen (secondary N) is 1. The zero-order valence-corrected chi connectivity index (χ0v) is 11.3. The lowest BCUT2D eigenvalue weighted by Gasteiger charge is -2.32. The van der Waals surface area contributed by atoms with E-state index < -0.39 is 11.4 Å². The Hall–Kier alpha value is -1.06. The lowest BCUT2D eigenvalue weighted by atomic mass is 9.77. The van der Waals surface area contributed by atoms with E-state index in [0.717, 1.165) is 0 Å². The van der Waals surface area contributed by atoms with Gasteiger partial charge in [0.25, 0.3) is 0 Å². The summed E-state index contributed by atoms with van der Waals surface area (Å²) in [5.74, 6) is -0.613. The number of aliphatic carboxylic acids is 1. The maximum absolute atomic E-state index is 11.9. The Morgan fingerprint density at radius 2 is 1.83 bits per heavy atom. The Balaban J connectivity index is 1.87. The Morgan fingerprint density at radius 3 is 2.28 bits per heavy atom. The molecule has 0 heterocycles. The molecule has 2 N–H and O–H groups in total. The van der Waals surface area contributed by atoms with Crippen LogP contribution >= 0.6 is 0 Å². The van der Waals surface area contributed by atoms with Crippen LogP contribution in [-0.2, 0) is 9.59 Å². The Morgan fingerprint density at radius 1 is 1.28 bits per heavy atom. The van der Waals surface area contributed by atoms with E-state index in [-0.39, 0.29) is 11.3 Å². The monoisotopic (exact) mass is 253 g/mol. The smallest absolute Gasteiger partial charge is 0.319 e. The average molecular weight is 253 g/mol. The van der Waals surface area contributed by atoms with Gasteiger partial charge in [0.15, 0.2) is 0 Å². The first-order valence-corrected chi connectivity index (χ1v) is 6.90. The minimum Gasteiger partial charge on any atom is -0.480 e. The predicted octanol–water partition coefficient (Wildman–Crippen LogP) is 2.18. The van der Waals surface area contributed by atoms with Gasteiger partial charge in [-0.2, -0.15) is 0 Å². The topological polar surface area (TPSA) is 66.4 Å². The van der Waals surface area contributed by atoms with Crippen LogP contribution in [0.4, 0.5) is 0 Å². The minimum absolute atomic E-state index is 0.0702. The molecule has 0 spiro atoms. The van der Waals surface area contributed by atoms with E-state index in [1.54, 1.807) is 0 Å². The van der Waals surface area contributed by atoms with Crippen LogP contribution in [0.1, 0.15) is 52.4 Å². The summed E-state index contributed by atoms with van der Waals surface area (Å²) in [6, 6.07) is 0. The lowest BCUT2D eigenvalue weighted by Crippen LogP contribution is -2.43. The van der Waals surface area contributed by atoms with Crippen LogP contribution in [0.15, 0.2) is 0 Å². The number of hydrogen-bond donors (Lipinski definition) is 2. The van der Waals surface area contributed by atoms with E-state index in [0.29, 0.717) is 25.3 Å². The van der Waals surface area contributed by atoms with Gasteiger partial charge in [0, 0.05) is 6.54 Å². The highest BCUT2D eigenvalue weighted by Gasteiger charge is 2.57. The number of hydrogen-bond acceptors (Lipinski definition) is 2. The van der Waals surface area contributed by atoms with Gasteiger partial charge in [-0.05, 0) is 37.0 Å². The standard InChI is InChI=1S/C14H23NO3/c1-13(2,10-5-3-4-6-10)9-15-11(16)14(7-8-14)12(17)18/h10H,3-9H2,1-2H3,(H,15,16)(H,17,18). The van der Waals surface area contributed by atoms with Crippen molar-refractivity contribution in [3.8, 4) is 0 Å². The maximum atomic E-state index is 11.9. The fourth-order valence-electron chi connectivity index (χ4n) is 2.99. The first-order valence-electron chi connectivity index (χ1n) is 6.90. The molecular formula is C14H23NO3. The molecule has 0 aliphatic heterocycles. The minimum atomic E-state index is -1.11. The highest BCUT2D eigenvalue weighted by molar-refractivity contribution is 6.04. The second-order valence-electron chi connectivity index (χ2n) is 6.54. The zero-order valence-electron chi connectivity index (χ0n) is 11.3. The summed E-state index contributed by atoms with van der Waals surface area (Å²) in [5.41, 5.74) is -1.04. The number of carbonyl (C=O) groups is 2. The van der Waals surface area contributed by atoms with E-state index in [9.17, 15) is 9.59 Å². The third-order valence-corrected chi connectivity index (χ3v) is 4.76. The Labute approximate surface area is 108 Å². The van der Waals surface area contributed by atoms with Gasteiger partial charge in [0.2, 0.25) is 5.91 Å². The predicted molar refractivity (Wildman–Crippen MR) is 68.1 cm³/mol. The SMILES string of the molecule is CC(C)(CNC(=O)C1(C(=O)O)CC1)C1CCCC1. The summed E-state index contributed by atoms with van der Waals surface area (Å²) in [4.78, 5) is 23.0. The fraction of sp³-hybridized carbons (Fsp3) is 0.857. The number of carboxylic acids is 1. The zero-order chi connectivity index (χ0) is 13.4. The number of carboxylic acid groups (broad SMARTS) is 1. The molecule has 4 heteroatoms. The van der Waals surface area contributed by atoms with Gasteiger partial charge in [-0.1, -0.05) is 26.7 Å². The summed E-state index contributed by atoms with van der Waals surface area (Å²) in [6.07, 6.45) is 5.98. The largest absolute Gasteiger partial charge is 0.480 e. The van der Waals surface area contributed by atoms with Crippen molar-refractivity contribution in [2.24, 2.45) is 16.7 Å². The molecule has 2 aliphatic carbocycles. The van der Waals surface area contributed by atoms with Gasteiger partial charge in [-0.25, -0.2) is 0 Å². The Bertz CT molecular complexity index is 352. The second kappa shape index (κ2) is 4.56. The molecule has 0 aromatic rings. The fourth-order valence-corrected chi connectivity index (χ4v) is 2.99. The molecule has 0 aromatic carbocycles. The van der Waals surface area contributed by atoms with Gasteiger partial charge < -0.3 is 10.4 Å². The molecule has 0 radical (unpaired) electrons. The number of amides is 1. The van der Waals surface area contributed by atoms with Crippen LogP contribution < -0.4 is 5.32 Å². The van der Waals surface area contributed by atoms with E-state index in [1.165, 1.54) is 25.7 Å². The molecule has 2 aliphatic rings. The molecule has 0 atom stereocenters. The summed E-state index contributed by atoms with van der Waals surface area (Å²) in [7, 11) is 0. The van der Waals surface area contributed by atoms with Gasteiger partial charge in [0.05, 0.1) is 0 Å². The quantitative estimate of drug-likeness (QED) is 0.738. The van der Waals surface area contributed by atoms with Gasteiger partial charge in [0.1, 0.15) is 5.41 Å². The normalized spacial score (nSPS) is 22.8.